The maximum absolute atomic E-state index is 3.42. The van der Waals surface area contributed by atoms with E-state index >= 15 is 0 Å². The van der Waals surface area contributed by atoms with Crippen LogP contribution in [0.3, 0.4) is 0 Å². The van der Waals surface area contributed by atoms with E-state index in [-0.39, 0.29) is 0 Å². The molecule has 0 saturated carbocycles. The Morgan fingerprint density at radius 1 is 1.12 bits per heavy atom. The molecule has 0 aliphatic carbocycles. The van der Waals surface area contributed by atoms with Crippen LogP contribution in [0.25, 0.3) is 0 Å². The minimum Gasteiger partial charge on any atom is -0.316 e. The lowest BCUT2D eigenvalue weighted by Crippen LogP contribution is -2.30. The lowest BCUT2D eigenvalue weighted by Gasteiger charge is -2.17. The van der Waals surface area contributed by atoms with Crippen LogP contribution in [0.1, 0.15) is 30.5 Å². The number of aryl methyl sites for hydroxylation is 2. The number of hydrogen-bond donors (Lipinski definition) is 1. The third-order valence-electron chi connectivity index (χ3n) is 2.80. The highest BCUT2D eigenvalue weighted by Gasteiger charge is 2.09. The second-order valence-corrected chi connectivity index (χ2v) is 6.68. The number of nitrogens with one attached hydrogen (secondary N) is 1. The molecule has 0 fully saturated rings. The van der Waals surface area contributed by atoms with Crippen LogP contribution in [-0.4, -0.2) is 24.1 Å². The van der Waals surface area contributed by atoms with E-state index in [0.29, 0.717) is 11.3 Å². The van der Waals surface area contributed by atoms with Crippen LogP contribution in [0.5, 0.6) is 0 Å². The summed E-state index contributed by atoms with van der Waals surface area (Å²) in [5.74, 6) is 1.18. The molecule has 0 heterocycles. The summed E-state index contributed by atoms with van der Waals surface area (Å²) in [7, 11) is 2.06. The van der Waals surface area contributed by atoms with Gasteiger partial charge in [-0.3, -0.25) is 0 Å². The molecular weight excluding hydrogens is 226 g/mol. The lowest BCUT2D eigenvalue weighted by atomic mass is 10.0. The van der Waals surface area contributed by atoms with E-state index in [2.05, 4.69) is 58.3 Å². The van der Waals surface area contributed by atoms with Crippen LogP contribution in [0.2, 0.25) is 0 Å². The first-order chi connectivity index (χ1) is 8.01. The Labute approximate surface area is 110 Å². The van der Waals surface area contributed by atoms with Crippen LogP contribution in [0.15, 0.2) is 18.2 Å². The maximum Gasteiger partial charge on any atom is 0.0195 e. The first-order valence-corrected chi connectivity index (χ1v) is 7.42. The Balaban J connectivity index is 2.60. The predicted molar refractivity (Wildman–Crippen MR) is 80.1 cm³/mol. The molecule has 1 aromatic carbocycles. The molecule has 0 amide bonds. The Kier molecular flexibility index (Phi) is 6.07. The van der Waals surface area contributed by atoms with E-state index in [4.69, 9.17) is 0 Å². The fourth-order valence-electron chi connectivity index (χ4n) is 2.02. The summed E-state index contributed by atoms with van der Waals surface area (Å²) in [4.78, 5) is 0. The Bertz CT molecular complexity index is 327. The molecule has 1 nitrogen and oxygen atoms in total. The standard InChI is InChI=1S/C15H25NS/c1-11(2)17-10-15(16-5)9-14-7-12(3)6-13(4)8-14/h6-8,11,15-16H,9-10H2,1-5H3. The van der Waals surface area contributed by atoms with E-state index in [0.717, 1.165) is 6.42 Å². The molecule has 17 heavy (non-hydrogen) atoms. The van der Waals surface area contributed by atoms with Gasteiger partial charge in [-0.2, -0.15) is 11.8 Å². The number of rotatable bonds is 6. The van der Waals surface area contributed by atoms with Gasteiger partial charge in [0, 0.05) is 11.8 Å². The van der Waals surface area contributed by atoms with E-state index in [9.17, 15) is 0 Å². The average molecular weight is 251 g/mol. The van der Waals surface area contributed by atoms with Gasteiger partial charge in [0.05, 0.1) is 0 Å². The molecule has 1 N–H and O–H groups in total. The predicted octanol–water partition coefficient (Wildman–Crippen LogP) is 3.58. The molecule has 0 aliphatic heterocycles. The Morgan fingerprint density at radius 2 is 1.71 bits per heavy atom. The van der Waals surface area contributed by atoms with Crippen molar-refractivity contribution in [1.29, 1.82) is 0 Å². The van der Waals surface area contributed by atoms with Gasteiger partial charge in [0.1, 0.15) is 0 Å². The second-order valence-electron chi connectivity index (χ2n) is 5.07. The van der Waals surface area contributed by atoms with E-state index in [1.165, 1.54) is 22.4 Å². The van der Waals surface area contributed by atoms with E-state index in [1.807, 2.05) is 11.8 Å². The SMILES string of the molecule is CNC(CSC(C)C)Cc1cc(C)cc(C)c1. The molecule has 1 unspecified atom stereocenters. The van der Waals surface area contributed by atoms with Crippen LogP contribution in [-0.2, 0) is 6.42 Å². The summed E-state index contributed by atoms with van der Waals surface area (Å²) in [5.41, 5.74) is 4.18. The van der Waals surface area contributed by atoms with Crippen molar-refractivity contribution in [3.8, 4) is 0 Å². The molecule has 2 heteroatoms. The van der Waals surface area contributed by atoms with Gasteiger partial charge in [0.2, 0.25) is 0 Å². The average Bonchev–Trinajstić information content (AvgIpc) is 2.22. The summed E-state index contributed by atoms with van der Waals surface area (Å²) in [5, 5.41) is 4.14. The zero-order valence-electron chi connectivity index (χ0n) is 11.7. The molecule has 0 spiro atoms. The highest BCUT2D eigenvalue weighted by Crippen LogP contribution is 2.15. The van der Waals surface area contributed by atoms with Crippen LogP contribution >= 0.6 is 11.8 Å². The van der Waals surface area contributed by atoms with E-state index in [1.54, 1.807) is 0 Å². The van der Waals surface area contributed by atoms with Gasteiger partial charge in [0.15, 0.2) is 0 Å². The minimum absolute atomic E-state index is 0.573. The van der Waals surface area contributed by atoms with Crippen molar-refractivity contribution in [1.82, 2.24) is 5.32 Å². The largest absolute Gasteiger partial charge is 0.316 e. The van der Waals surface area contributed by atoms with Crippen molar-refractivity contribution < 1.29 is 0 Å². The number of hydrogen-bond acceptors (Lipinski definition) is 2. The quantitative estimate of drug-likeness (QED) is 0.829. The van der Waals surface area contributed by atoms with Gasteiger partial charge in [0.25, 0.3) is 0 Å². The molecule has 96 valence electrons. The number of thioether (sulfide) groups is 1. The second kappa shape index (κ2) is 7.07. The van der Waals surface area contributed by atoms with E-state index < -0.39 is 0 Å². The van der Waals surface area contributed by atoms with Gasteiger partial charge in [-0.15, -0.1) is 0 Å². The summed E-state index contributed by atoms with van der Waals surface area (Å²) >= 11 is 2.03. The lowest BCUT2D eigenvalue weighted by molar-refractivity contribution is 0.616. The van der Waals surface area contributed by atoms with Gasteiger partial charge in [-0.05, 0) is 38.1 Å². The molecule has 0 aliphatic rings. The fraction of sp³-hybridized carbons (Fsp3) is 0.600. The molecule has 0 aromatic heterocycles. The highest BCUT2D eigenvalue weighted by molar-refractivity contribution is 7.99. The molecule has 1 atom stereocenters. The first-order valence-electron chi connectivity index (χ1n) is 6.37. The molecule has 1 aromatic rings. The third-order valence-corrected chi connectivity index (χ3v) is 4.06. The monoisotopic (exact) mass is 251 g/mol. The summed E-state index contributed by atoms with van der Waals surface area (Å²) in [6.45, 7) is 8.86. The molecular formula is C15H25NS. The Hall–Kier alpha value is -0.470. The van der Waals surface area contributed by atoms with Crippen LogP contribution in [0.4, 0.5) is 0 Å². The third kappa shape index (κ3) is 5.60. The van der Waals surface area contributed by atoms with Crippen molar-refractivity contribution in [3.63, 3.8) is 0 Å². The Morgan fingerprint density at radius 3 is 2.18 bits per heavy atom. The normalized spacial score (nSPS) is 13.1. The highest BCUT2D eigenvalue weighted by atomic mass is 32.2. The van der Waals surface area contributed by atoms with Crippen LogP contribution < -0.4 is 5.32 Å². The van der Waals surface area contributed by atoms with Crippen molar-refractivity contribution in [2.24, 2.45) is 0 Å². The minimum atomic E-state index is 0.573. The molecule has 0 bridgehead atoms. The van der Waals surface area contributed by atoms with Gasteiger partial charge >= 0.3 is 0 Å². The molecule has 0 radical (unpaired) electrons. The summed E-state index contributed by atoms with van der Waals surface area (Å²) in [6, 6.07) is 7.42. The van der Waals surface area contributed by atoms with Crippen LogP contribution in [0, 0.1) is 13.8 Å². The van der Waals surface area contributed by atoms with Crippen molar-refractivity contribution in [2.45, 2.75) is 45.4 Å². The smallest absolute Gasteiger partial charge is 0.0195 e. The van der Waals surface area contributed by atoms with Gasteiger partial charge < -0.3 is 5.32 Å². The fourth-order valence-corrected chi connectivity index (χ4v) is 2.93. The number of benzene rings is 1. The number of likely N-dealkylation sites (N-methyl/N-ethyl adjacent to an activating group) is 1. The van der Waals surface area contributed by atoms with Gasteiger partial charge in [-0.25, -0.2) is 0 Å². The maximum atomic E-state index is 3.42. The first kappa shape index (κ1) is 14.6. The van der Waals surface area contributed by atoms with Gasteiger partial charge in [-0.1, -0.05) is 43.2 Å². The zero-order chi connectivity index (χ0) is 12.8. The summed E-state index contributed by atoms with van der Waals surface area (Å²) < 4.78 is 0. The van der Waals surface area contributed by atoms with Crippen molar-refractivity contribution in [3.05, 3.63) is 34.9 Å². The molecule has 0 saturated heterocycles. The summed E-state index contributed by atoms with van der Waals surface area (Å²) in [6.07, 6.45) is 1.12. The van der Waals surface area contributed by atoms with Crippen molar-refractivity contribution in [2.75, 3.05) is 12.8 Å². The topological polar surface area (TPSA) is 12.0 Å². The zero-order valence-corrected chi connectivity index (χ0v) is 12.5. The van der Waals surface area contributed by atoms with Crippen molar-refractivity contribution >= 4 is 11.8 Å². The molecule has 1 rings (SSSR count).